The van der Waals surface area contributed by atoms with Crippen molar-refractivity contribution in [3.8, 4) is 0 Å². The van der Waals surface area contributed by atoms with Gasteiger partial charge in [0.2, 0.25) is 0 Å². The van der Waals surface area contributed by atoms with Gasteiger partial charge in [0.15, 0.2) is 0 Å². The second kappa shape index (κ2) is 25.4. The van der Waals surface area contributed by atoms with Crippen LogP contribution in [0.15, 0.2) is 0 Å². The molecule has 3 heteroatoms. The Balaban J connectivity index is -0.00000312. The fourth-order valence-electron chi connectivity index (χ4n) is 4.37. The molecular weight excluding hydrogens is 361 g/mol. The van der Waals surface area contributed by atoms with Crippen LogP contribution in [0.3, 0.4) is 0 Å². The van der Waals surface area contributed by atoms with Gasteiger partial charge in [0, 0.05) is 0 Å². The van der Waals surface area contributed by atoms with E-state index in [4.69, 9.17) is 0 Å². The summed E-state index contributed by atoms with van der Waals surface area (Å²) in [6.45, 7) is 9.73. The topological polar surface area (TPSA) is 66.5 Å². The van der Waals surface area contributed by atoms with Gasteiger partial charge in [-0.1, -0.05) is 0 Å². The van der Waals surface area contributed by atoms with Crippen molar-refractivity contribution in [2.24, 2.45) is 0 Å². The molecule has 0 aliphatic rings. The Morgan fingerprint density at radius 2 is 0.607 bits per heavy atom. The minimum atomic E-state index is -0.955. The standard InChI is InChI=1S/C25H55P.H3N.H2O/c1-5-8-11-14-17-20-23-26(4,24-21-18-15-12-9-6-2)25-22-19-16-13-10-7-3;;/h26H,5-25H2,1-4H3;1H3;1H2. The van der Waals surface area contributed by atoms with E-state index in [1.165, 1.54) is 116 Å². The second-order valence-electron chi connectivity index (χ2n) is 9.36. The van der Waals surface area contributed by atoms with Crippen LogP contribution in [0.5, 0.6) is 0 Å². The Hall–Kier alpha value is 0.350. The monoisotopic (exact) mass is 421 g/mol. The molecule has 0 rings (SSSR count). The van der Waals surface area contributed by atoms with Crippen molar-refractivity contribution in [3.05, 3.63) is 0 Å². The summed E-state index contributed by atoms with van der Waals surface area (Å²) in [4.78, 5) is 0. The molecule has 0 spiro atoms. The van der Waals surface area contributed by atoms with Gasteiger partial charge in [0.1, 0.15) is 0 Å². The molecule has 0 unspecified atom stereocenters. The molecule has 2 nitrogen and oxygen atoms in total. The third kappa shape index (κ3) is 22.6. The van der Waals surface area contributed by atoms with E-state index in [0.29, 0.717) is 0 Å². The van der Waals surface area contributed by atoms with E-state index in [0.717, 1.165) is 0 Å². The van der Waals surface area contributed by atoms with Crippen LogP contribution < -0.4 is 6.15 Å². The van der Waals surface area contributed by atoms with Crippen molar-refractivity contribution < 1.29 is 5.48 Å². The smallest absolute Gasteiger partial charge is 0.344 e. The predicted molar refractivity (Wildman–Crippen MR) is 138 cm³/mol. The Labute approximate surface area is 180 Å². The van der Waals surface area contributed by atoms with Crippen LogP contribution in [-0.2, 0) is 0 Å². The van der Waals surface area contributed by atoms with Gasteiger partial charge in [0.25, 0.3) is 0 Å². The normalized spacial score (nSPS) is 11.7. The largest absolute Gasteiger partial charge is 0.412 e. The molecular formula is C25H60NOP. The van der Waals surface area contributed by atoms with E-state index in [9.17, 15) is 0 Å². The first-order valence-electron chi connectivity index (χ1n) is 12.7. The summed E-state index contributed by atoms with van der Waals surface area (Å²) >= 11 is 0. The van der Waals surface area contributed by atoms with Crippen molar-refractivity contribution >= 4 is 7.26 Å². The number of unbranched alkanes of at least 4 members (excludes halogenated alkanes) is 15. The molecule has 0 aromatic heterocycles. The Kier molecular flexibility index (Phi) is 29.9. The molecule has 0 fully saturated rings. The second-order valence-corrected chi connectivity index (χ2v) is 14.5. The summed E-state index contributed by atoms with van der Waals surface area (Å²) in [5.74, 6) is 0. The molecule has 0 amide bonds. The number of hydrogen-bond acceptors (Lipinski definition) is 1. The molecule has 0 aromatic rings. The molecule has 0 atom stereocenters. The van der Waals surface area contributed by atoms with E-state index < -0.39 is 7.26 Å². The summed E-state index contributed by atoms with van der Waals surface area (Å²) in [6, 6.07) is 0. The van der Waals surface area contributed by atoms with Crippen LogP contribution in [0, 0.1) is 0 Å². The van der Waals surface area contributed by atoms with Crippen molar-refractivity contribution in [2.45, 2.75) is 136 Å². The summed E-state index contributed by atoms with van der Waals surface area (Å²) in [5, 5.41) is 0. The minimum absolute atomic E-state index is 0. The Morgan fingerprint density at radius 3 is 0.857 bits per heavy atom. The molecule has 0 bridgehead atoms. The third-order valence-corrected chi connectivity index (χ3v) is 11.1. The van der Waals surface area contributed by atoms with E-state index in [-0.39, 0.29) is 11.6 Å². The summed E-state index contributed by atoms with van der Waals surface area (Å²) in [7, 11) is -0.955. The van der Waals surface area contributed by atoms with E-state index in [1.54, 1.807) is 18.5 Å². The maximum absolute atomic E-state index is 2.76. The van der Waals surface area contributed by atoms with Crippen LogP contribution in [0.1, 0.15) is 136 Å². The third-order valence-electron chi connectivity index (χ3n) is 6.40. The average molecular weight is 422 g/mol. The Bertz CT molecular complexity index is 232. The maximum atomic E-state index is 2.76. The van der Waals surface area contributed by atoms with Crippen LogP contribution in [0.4, 0.5) is 0 Å². The minimum Gasteiger partial charge on any atom is -0.412 e. The van der Waals surface area contributed by atoms with Gasteiger partial charge in [-0.2, -0.15) is 0 Å². The van der Waals surface area contributed by atoms with Crippen molar-refractivity contribution in [1.82, 2.24) is 6.15 Å². The van der Waals surface area contributed by atoms with Gasteiger partial charge in [-0.15, -0.1) is 0 Å². The summed E-state index contributed by atoms with van der Waals surface area (Å²) < 4.78 is 0. The van der Waals surface area contributed by atoms with Crippen molar-refractivity contribution in [3.63, 3.8) is 0 Å². The molecule has 0 aliphatic carbocycles. The summed E-state index contributed by atoms with van der Waals surface area (Å²) in [5.41, 5.74) is 0. The van der Waals surface area contributed by atoms with Gasteiger partial charge in [-0.05, 0) is 0 Å². The van der Waals surface area contributed by atoms with Crippen LogP contribution in [0.25, 0.3) is 0 Å². The van der Waals surface area contributed by atoms with Gasteiger partial charge in [-0.3, -0.25) is 0 Å². The van der Waals surface area contributed by atoms with Crippen LogP contribution in [-0.4, -0.2) is 30.6 Å². The first-order chi connectivity index (χ1) is 12.7. The van der Waals surface area contributed by atoms with E-state index >= 15 is 0 Å². The van der Waals surface area contributed by atoms with Gasteiger partial charge >= 0.3 is 169 Å². The zero-order valence-corrected chi connectivity index (χ0v) is 21.6. The molecule has 0 aliphatic heterocycles. The maximum Gasteiger partial charge on any atom is -0.344 e. The van der Waals surface area contributed by atoms with E-state index in [1.807, 2.05) is 0 Å². The fraction of sp³-hybridized carbons (Fsp3) is 1.00. The molecule has 176 valence electrons. The first-order valence-corrected chi connectivity index (χ1v) is 15.8. The van der Waals surface area contributed by atoms with Gasteiger partial charge < -0.3 is 11.6 Å². The fourth-order valence-corrected chi connectivity index (χ4v) is 8.43. The molecule has 0 saturated carbocycles. The Morgan fingerprint density at radius 1 is 0.393 bits per heavy atom. The van der Waals surface area contributed by atoms with E-state index in [2.05, 4.69) is 27.4 Å². The predicted octanol–water partition coefficient (Wildman–Crippen LogP) is 8.78. The van der Waals surface area contributed by atoms with Crippen LogP contribution in [0.2, 0.25) is 0 Å². The molecule has 0 heterocycles. The zero-order valence-electron chi connectivity index (χ0n) is 20.6. The van der Waals surface area contributed by atoms with Crippen LogP contribution >= 0.6 is 7.26 Å². The zero-order chi connectivity index (χ0) is 19.3. The van der Waals surface area contributed by atoms with Gasteiger partial charge in [-0.25, -0.2) is 0 Å². The quantitative estimate of drug-likeness (QED) is 0.146. The summed E-state index contributed by atoms with van der Waals surface area (Å²) in [6.07, 6.45) is 31.4. The van der Waals surface area contributed by atoms with Gasteiger partial charge in [0.05, 0.1) is 0 Å². The SMILES string of the molecule is CCCCCCCC[PH](C)(CCCCCCCC)CCCCCCCC.N.O. The average Bonchev–Trinajstić information content (AvgIpc) is 2.64. The van der Waals surface area contributed by atoms with Crippen molar-refractivity contribution in [2.75, 3.05) is 25.2 Å². The molecule has 0 aromatic carbocycles. The number of rotatable bonds is 21. The molecule has 0 radical (unpaired) electrons. The molecule has 5 N–H and O–H groups in total. The number of hydrogen-bond donors (Lipinski definition) is 1. The van der Waals surface area contributed by atoms with Crippen molar-refractivity contribution in [1.29, 1.82) is 0 Å². The first kappa shape index (κ1) is 33.0. The molecule has 28 heavy (non-hydrogen) atoms. The molecule has 0 saturated heterocycles.